The van der Waals surface area contributed by atoms with Crippen molar-refractivity contribution in [3.05, 3.63) is 33.4 Å². The van der Waals surface area contributed by atoms with Gasteiger partial charge in [-0.05, 0) is 70.9 Å². The lowest BCUT2D eigenvalue weighted by Gasteiger charge is -2.36. The van der Waals surface area contributed by atoms with Crippen LogP contribution in [0.5, 0.6) is 0 Å². The van der Waals surface area contributed by atoms with Gasteiger partial charge in [-0.2, -0.15) is 0 Å². The minimum Gasteiger partial charge on any atom is -0.271 e. The van der Waals surface area contributed by atoms with E-state index in [0.29, 0.717) is 12.0 Å². The van der Waals surface area contributed by atoms with E-state index >= 15 is 0 Å². The summed E-state index contributed by atoms with van der Waals surface area (Å²) in [5.74, 6) is 8.14. The van der Waals surface area contributed by atoms with Crippen molar-refractivity contribution in [3.8, 4) is 0 Å². The maximum absolute atomic E-state index is 5.80. The molecule has 3 N–H and O–H groups in total. The zero-order valence-electron chi connectivity index (χ0n) is 11.2. The van der Waals surface area contributed by atoms with Gasteiger partial charge in [0, 0.05) is 9.61 Å². The van der Waals surface area contributed by atoms with E-state index in [1.54, 1.807) is 0 Å². The number of hydrogen-bond donors (Lipinski definition) is 2. The van der Waals surface area contributed by atoms with Gasteiger partial charge in [0.1, 0.15) is 0 Å². The SMILES string of the molecule is CC1CCC(C(NN)c2ccc(I)cc2)CC1C. The fourth-order valence-corrected chi connectivity index (χ4v) is 3.43. The molecule has 4 unspecified atom stereocenters. The Kier molecular flexibility index (Phi) is 5.04. The van der Waals surface area contributed by atoms with E-state index in [1.165, 1.54) is 28.4 Å². The predicted molar refractivity (Wildman–Crippen MR) is 84.9 cm³/mol. The summed E-state index contributed by atoms with van der Waals surface area (Å²) >= 11 is 2.34. The van der Waals surface area contributed by atoms with Gasteiger partial charge in [-0.1, -0.05) is 32.4 Å². The van der Waals surface area contributed by atoms with Crippen LogP contribution in [0.1, 0.15) is 44.7 Å². The number of halogens is 1. The zero-order chi connectivity index (χ0) is 13.1. The van der Waals surface area contributed by atoms with Crippen molar-refractivity contribution in [2.45, 2.75) is 39.2 Å². The first kappa shape index (κ1) is 14.3. The molecule has 0 aliphatic heterocycles. The molecular formula is C15H23IN2. The Bertz CT molecular complexity index is 377. The van der Waals surface area contributed by atoms with Crippen LogP contribution in [0, 0.1) is 21.3 Å². The molecule has 1 saturated carbocycles. The maximum Gasteiger partial charge on any atom is 0.0488 e. The Hall–Kier alpha value is -0.130. The Morgan fingerprint density at radius 1 is 1.17 bits per heavy atom. The first-order valence-corrected chi connectivity index (χ1v) is 7.91. The third kappa shape index (κ3) is 3.25. The topological polar surface area (TPSA) is 38.0 Å². The van der Waals surface area contributed by atoms with Gasteiger partial charge in [0.05, 0.1) is 0 Å². The molecule has 1 aliphatic carbocycles. The molecule has 0 spiro atoms. The second-order valence-electron chi connectivity index (χ2n) is 5.72. The summed E-state index contributed by atoms with van der Waals surface area (Å²) in [6.07, 6.45) is 3.89. The molecule has 1 aromatic rings. The van der Waals surface area contributed by atoms with Gasteiger partial charge in [0.2, 0.25) is 0 Å². The quantitative estimate of drug-likeness (QED) is 0.489. The Morgan fingerprint density at radius 3 is 2.39 bits per heavy atom. The molecule has 3 heteroatoms. The average molecular weight is 358 g/mol. The maximum atomic E-state index is 5.80. The van der Waals surface area contributed by atoms with Crippen LogP contribution >= 0.6 is 22.6 Å². The first-order valence-electron chi connectivity index (χ1n) is 6.83. The number of hydrazine groups is 1. The van der Waals surface area contributed by atoms with E-state index in [1.807, 2.05) is 0 Å². The summed E-state index contributed by atoms with van der Waals surface area (Å²) < 4.78 is 1.28. The Labute approximate surface area is 124 Å². The molecule has 100 valence electrons. The van der Waals surface area contributed by atoms with Crippen molar-refractivity contribution in [1.29, 1.82) is 0 Å². The lowest BCUT2D eigenvalue weighted by Crippen LogP contribution is -2.36. The van der Waals surface area contributed by atoms with Gasteiger partial charge in [-0.25, -0.2) is 0 Å². The molecule has 0 aromatic heterocycles. The highest BCUT2D eigenvalue weighted by molar-refractivity contribution is 14.1. The van der Waals surface area contributed by atoms with Crippen LogP contribution in [0.15, 0.2) is 24.3 Å². The lowest BCUT2D eigenvalue weighted by atomic mass is 9.72. The molecule has 1 aromatic carbocycles. The van der Waals surface area contributed by atoms with Crippen molar-refractivity contribution >= 4 is 22.6 Å². The van der Waals surface area contributed by atoms with E-state index < -0.39 is 0 Å². The third-order valence-corrected chi connectivity index (χ3v) is 5.24. The third-order valence-electron chi connectivity index (χ3n) is 4.52. The molecule has 2 nitrogen and oxygen atoms in total. The van der Waals surface area contributed by atoms with Crippen LogP contribution in [0.25, 0.3) is 0 Å². The molecule has 0 saturated heterocycles. The standard InChI is InChI=1S/C15H23IN2/c1-10-3-4-13(9-11(10)2)15(18-17)12-5-7-14(16)8-6-12/h5-8,10-11,13,15,18H,3-4,9,17H2,1-2H3. The fraction of sp³-hybridized carbons (Fsp3) is 0.600. The molecule has 2 rings (SSSR count). The van der Waals surface area contributed by atoms with Gasteiger partial charge in [-0.15, -0.1) is 0 Å². The molecule has 4 atom stereocenters. The second kappa shape index (κ2) is 6.35. The van der Waals surface area contributed by atoms with Crippen molar-refractivity contribution in [2.75, 3.05) is 0 Å². The van der Waals surface area contributed by atoms with E-state index in [2.05, 4.69) is 66.1 Å². The van der Waals surface area contributed by atoms with Gasteiger partial charge in [0.15, 0.2) is 0 Å². The van der Waals surface area contributed by atoms with E-state index in [4.69, 9.17) is 5.84 Å². The van der Waals surface area contributed by atoms with Crippen LogP contribution < -0.4 is 11.3 Å². The molecule has 1 aliphatic rings. The van der Waals surface area contributed by atoms with Crippen LogP contribution in [0.3, 0.4) is 0 Å². The van der Waals surface area contributed by atoms with Gasteiger partial charge >= 0.3 is 0 Å². The molecule has 1 fully saturated rings. The van der Waals surface area contributed by atoms with Crippen LogP contribution in [-0.4, -0.2) is 0 Å². The summed E-state index contributed by atoms with van der Waals surface area (Å²) in [6.45, 7) is 4.75. The Morgan fingerprint density at radius 2 is 1.83 bits per heavy atom. The summed E-state index contributed by atoms with van der Waals surface area (Å²) in [4.78, 5) is 0. The smallest absolute Gasteiger partial charge is 0.0488 e. The monoisotopic (exact) mass is 358 g/mol. The minimum atomic E-state index is 0.303. The van der Waals surface area contributed by atoms with Gasteiger partial charge < -0.3 is 0 Å². The number of benzene rings is 1. The predicted octanol–water partition coefficient (Wildman–Crippen LogP) is 3.87. The molecule has 18 heavy (non-hydrogen) atoms. The molecular weight excluding hydrogens is 335 g/mol. The van der Waals surface area contributed by atoms with E-state index in [-0.39, 0.29) is 0 Å². The fourth-order valence-electron chi connectivity index (χ4n) is 3.07. The number of hydrogen-bond acceptors (Lipinski definition) is 2. The van der Waals surface area contributed by atoms with Crippen molar-refractivity contribution in [2.24, 2.45) is 23.6 Å². The van der Waals surface area contributed by atoms with Crippen molar-refractivity contribution < 1.29 is 0 Å². The number of nitrogens with one attached hydrogen (secondary N) is 1. The summed E-state index contributed by atoms with van der Waals surface area (Å²) in [7, 11) is 0. The normalized spacial score (nSPS) is 30.1. The highest BCUT2D eigenvalue weighted by Gasteiger charge is 2.30. The highest BCUT2D eigenvalue weighted by Crippen LogP contribution is 2.39. The molecule has 0 heterocycles. The second-order valence-corrected chi connectivity index (χ2v) is 6.97. The van der Waals surface area contributed by atoms with Gasteiger partial charge in [-0.3, -0.25) is 11.3 Å². The number of rotatable bonds is 3. The lowest BCUT2D eigenvalue weighted by molar-refractivity contribution is 0.171. The summed E-state index contributed by atoms with van der Waals surface area (Å²) in [6, 6.07) is 9.03. The molecule has 0 amide bonds. The largest absolute Gasteiger partial charge is 0.271 e. The van der Waals surface area contributed by atoms with E-state index in [0.717, 1.165) is 11.8 Å². The zero-order valence-corrected chi connectivity index (χ0v) is 13.4. The van der Waals surface area contributed by atoms with Gasteiger partial charge in [0.25, 0.3) is 0 Å². The minimum absolute atomic E-state index is 0.303. The van der Waals surface area contributed by atoms with Crippen LogP contribution in [0.4, 0.5) is 0 Å². The Balaban J connectivity index is 2.11. The first-order chi connectivity index (χ1) is 8.61. The average Bonchev–Trinajstić information content (AvgIpc) is 2.37. The summed E-state index contributed by atoms with van der Waals surface area (Å²) in [5, 5.41) is 0. The van der Waals surface area contributed by atoms with E-state index in [9.17, 15) is 0 Å². The van der Waals surface area contributed by atoms with Crippen molar-refractivity contribution in [1.82, 2.24) is 5.43 Å². The summed E-state index contributed by atoms with van der Waals surface area (Å²) in [5.41, 5.74) is 4.36. The van der Waals surface area contributed by atoms with Crippen LogP contribution in [-0.2, 0) is 0 Å². The number of nitrogens with two attached hydrogens (primary N) is 1. The molecule has 0 radical (unpaired) electrons. The van der Waals surface area contributed by atoms with Crippen LogP contribution in [0.2, 0.25) is 0 Å². The van der Waals surface area contributed by atoms with Crippen molar-refractivity contribution in [3.63, 3.8) is 0 Å². The molecule has 0 bridgehead atoms. The highest BCUT2D eigenvalue weighted by atomic mass is 127.